The molecular formula is C12H16BrFN2O2S. The monoisotopic (exact) mass is 350 g/mol. The van der Waals surface area contributed by atoms with Gasteiger partial charge >= 0.3 is 0 Å². The average Bonchev–Trinajstić information content (AvgIpc) is 2.38. The Kier molecular flexibility index (Phi) is 4.92. The second kappa shape index (κ2) is 6.28. The molecule has 0 saturated heterocycles. The van der Waals surface area contributed by atoms with Gasteiger partial charge in [-0.15, -0.1) is 0 Å². The number of nitrogens with one attached hydrogen (secondary N) is 1. The van der Waals surface area contributed by atoms with Crippen LogP contribution in [0.25, 0.3) is 0 Å². The Labute approximate surface area is 121 Å². The molecule has 106 valence electrons. The van der Waals surface area contributed by atoms with Gasteiger partial charge in [0.25, 0.3) is 10.0 Å². The molecule has 19 heavy (non-hydrogen) atoms. The predicted octanol–water partition coefficient (Wildman–Crippen LogP) is 2.45. The number of nitrogens with zero attached hydrogens (tertiary/aromatic N) is 1. The van der Waals surface area contributed by atoms with Crippen LogP contribution in [-0.2, 0) is 10.0 Å². The smallest absolute Gasteiger partial charge is 0.241 e. The van der Waals surface area contributed by atoms with E-state index in [1.54, 1.807) is 0 Å². The summed E-state index contributed by atoms with van der Waals surface area (Å²) in [6.07, 6.45) is 5.31. The molecule has 2 rings (SSSR count). The molecule has 1 saturated carbocycles. The van der Waals surface area contributed by atoms with E-state index in [0.717, 1.165) is 31.7 Å². The highest BCUT2D eigenvalue weighted by Crippen LogP contribution is 2.28. The summed E-state index contributed by atoms with van der Waals surface area (Å²) in [7, 11) is -3.85. The quantitative estimate of drug-likeness (QED) is 0.848. The molecule has 0 radical (unpaired) electrons. The average molecular weight is 351 g/mol. The Morgan fingerprint density at radius 2 is 2.05 bits per heavy atom. The molecule has 1 aromatic rings. The fraction of sp³-hybridized carbons (Fsp3) is 0.583. The maximum atomic E-state index is 13.4. The lowest BCUT2D eigenvalue weighted by Crippen LogP contribution is -2.32. The number of hydrogen-bond acceptors (Lipinski definition) is 3. The standard InChI is InChI=1S/C12H16BrFN2O2S/c13-10-5-3-9(4-6-10)8-16-19(17,18)12-11(14)2-1-7-15-12/h1-2,7,9-10,16H,3-6,8H2. The van der Waals surface area contributed by atoms with E-state index in [9.17, 15) is 12.8 Å². The van der Waals surface area contributed by atoms with Gasteiger partial charge < -0.3 is 0 Å². The summed E-state index contributed by atoms with van der Waals surface area (Å²) in [5.74, 6) is -0.505. The molecule has 0 aliphatic heterocycles. The van der Waals surface area contributed by atoms with Gasteiger partial charge in [0.05, 0.1) is 0 Å². The van der Waals surface area contributed by atoms with Gasteiger partial charge in [-0.05, 0) is 43.7 Å². The lowest BCUT2D eigenvalue weighted by Gasteiger charge is -2.25. The first-order valence-corrected chi connectivity index (χ1v) is 8.63. The van der Waals surface area contributed by atoms with Gasteiger partial charge in [0.1, 0.15) is 0 Å². The number of hydrogen-bond donors (Lipinski definition) is 1. The summed E-state index contributed by atoms with van der Waals surface area (Å²) in [6.45, 7) is 0.345. The van der Waals surface area contributed by atoms with Crippen LogP contribution < -0.4 is 4.72 Å². The van der Waals surface area contributed by atoms with Crippen molar-refractivity contribution in [1.29, 1.82) is 0 Å². The third-order valence-corrected chi connectivity index (χ3v) is 5.59. The van der Waals surface area contributed by atoms with Crippen molar-refractivity contribution in [1.82, 2.24) is 9.71 Å². The zero-order valence-electron chi connectivity index (χ0n) is 10.4. The molecule has 1 aliphatic carbocycles. The summed E-state index contributed by atoms with van der Waals surface area (Å²) in [5, 5.41) is -0.524. The number of aromatic nitrogens is 1. The molecule has 1 N–H and O–H groups in total. The molecule has 1 aromatic heterocycles. The highest BCUT2D eigenvalue weighted by Gasteiger charge is 2.24. The molecule has 4 nitrogen and oxygen atoms in total. The Morgan fingerprint density at radius 3 is 2.68 bits per heavy atom. The zero-order valence-corrected chi connectivity index (χ0v) is 12.8. The van der Waals surface area contributed by atoms with Gasteiger partial charge in [0.2, 0.25) is 5.03 Å². The lowest BCUT2D eigenvalue weighted by molar-refractivity contribution is 0.366. The van der Waals surface area contributed by atoms with Gasteiger partial charge in [0, 0.05) is 17.6 Å². The van der Waals surface area contributed by atoms with Crippen molar-refractivity contribution in [2.75, 3.05) is 6.54 Å². The number of pyridine rings is 1. The van der Waals surface area contributed by atoms with Crippen LogP contribution in [0.1, 0.15) is 25.7 Å². The predicted molar refractivity (Wildman–Crippen MR) is 74.1 cm³/mol. The molecule has 1 heterocycles. The van der Waals surface area contributed by atoms with E-state index in [0.29, 0.717) is 17.3 Å². The summed E-state index contributed by atoms with van der Waals surface area (Å²) >= 11 is 3.55. The first-order chi connectivity index (χ1) is 8.99. The molecule has 0 amide bonds. The van der Waals surface area contributed by atoms with E-state index in [4.69, 9.17) is 0 Å². The third kappa shape index (κ3) is 3.97. The first kappa shape index (κ1) is 14.9. The van der Waals surface area contributed by atoms with E-state index < -0.39 is 20.9 Å². The van der Waals surface area contributed by atoms with Crippen LogP contribution in [0, 0.1) is 11.7 Å². The lowest BCUT2D eigenvalue weighted by atomic mass is 9.89. The van der Waals surface area contributed by atoms with Crippen molar-refractivity contribution >= 4 is 26.0 Å². The van der Waals surface area contributed by atoms with Crippen molar-refractivity contribution in [2.24, 2.45) is 5.92 Å². The van der Waals surface area contributed by atoms with Gasteiger partial charge in [-0.1, -0.05) is 15.9 Å². The van der Waals surface area contributed by atoms with E-state index in [-0.39, 0.29) is 0 Å². The van der Waals surface area contributed by atoms with Crippen molar-refractivity contribution in [2.45, 2.75) is 35.5 Å². The van der Waals surface area contributed by atoms with Crippen LogP contribution in [0.15, 0.2) is 23.4 Å². The fourth-order valence-corrected chi connectivity index (χ4v) is 3.84. The maximum Gasteiger partial charge on any atom is 0.261 e. The molecule has 7 heteroatoms. The van der Waals surface area contributed by atoms with Crippen LogP contribution in [0.3, 0.4) is 0 Å². The maximum absolute atomic E-state index is 13.4. The third-order valence-electron chi connectivity index (χ3n) is 3.32. The van der Waals surface area contributed by atoms with Crippen molar-refractivity contribution in [3.63, 3.8) is 0 Å². The first-order valence-electron chi connectivity index (χ1n) is 6.23. The SMILES string of the molecule is O=S(=O)(NCC1CCC(Br)CC1)c1ncccc1F. The molecule has 1 aliphatic rings. The highest BCUT2D eigenvalue weighted by atomic mass is 79.9. The van der Waals surface area contributed by atoms with Crippen LogP contribution in [0.5, 0.6) is 0 Å². The van der Waals surface area contributed by atoms with Gasteiger partial charge in [0.15, 0.2) is 5.82 Å². The second-order valence-corrected chi connectivity index (χ2v) is 7.74. The van der Waals surface area contributed by atoms with Gasteiger partial charge in [-0.2, -0.15) is 0 Å². The van der Waals surface area contributed by atoms with E-state index >= 15 is 0 Å². The van der Waals surface area contributed by atoms with Gasteiger partial charge in [-0.3, -0.25) is 0 Å². The summed E-state index contributed by atoms with van der Waals surface area (Å²) < 4.78 is 39.7. The Bertz CT molecular complexity index is 530. The molecule has 0 aromatic carbocycles. The number of rotatable bonds is 4. The largest absolute Gasteiger partial charge is 0.261 e. The number of alkyl halides is 1. The molecule has 1 fully saturated rings. The Balaban J connectivity index is 1.97. The minimum absolute atomic E-state index is 0.315. The van der Waals surface area contributed by atoms with E-state index in [1.807, 2.05) is 0 Å². The van der Waals surface area contributed by atoms with Crippen LogP contribution >= 0.6 is 15.9 Å². The molecule has 0 unspecified atom stereocenters. The topological polar surface area (TPSA) is 59.1 Å². The van der Waals surface area contributed by atoms with Crippen LogP contribution in [0.2, 0.25) is 0 Å². The summed E-state index contributed by atoms with van der Waals surface area (Å²) in [4.78, 5) is 4.13. The minimum Gasteiger partial charge on any atom is -0.241 e. The van der Waals surface area contributed by atoms with Crippen LogP contribution in [0.4, 0.5) is 4.39 Å². The van der Waals surface area contributed by atoms with Crippen molar-refractivity contribution in [3.05, 3.63) is 24.1 Å². The Morgan fingerprint density at radius 1 is 1.37 bits per heavy atom. The zero-order chi connectivity index (χ0) is 13.9. The molecule has 0 spiro atoms. The van der Waals surface area contributed by atoms with Crippen molar-refractivity contribution < 1.29 is 12.8 Å². The highest BCUT2D eigenvalue weighted by molar-refractivity contribution is 9.09. The summed E-state index contributed by atoms with van der Waals surface area (Å²) in [5.41, 5.74) is 0. The van der Waals surface area contributed by atoms with Crippen LogP contribution in [-0.4, -0.2) is 24.8 Å². The molecule has 0 bridgehead atoms. The van der Waals surface area contributed by atoms with Gasteiger partial charge in [-0.25, -0.2) is 22.5 Å². The number of sulfonamides is 1. The number of halogens is 2. The minimum atomic E-state index is -3.85. The normalized spacial score (nSPS) is 24.3. The van der Waals surface area contributed by atoms with E-state index in [2.05, 4.69) is 25.6 Å². The fourth-order valence-electron chi connectivity index (χ4n) is 2.19. The van der Waals surface area contributed by atoms with Crippen molar-refractivity contribution in [3.8, 4) is 0 Å². The second-order valence-electron chi connectivity index (χ2n) is 4.76. The van der Waals surface area contributed by atoms with E-state index in [1.165, 1.54) is 12.3 Å². The Hall–Kier alpha value is -0.530. The molecule has 0 atom stereocenters. The molecular weight excluding hydrogens is 335 g/mol. The summed E-state index contributed by atoms with van der Waals surface area (Å²) in [6, 6.07) is 2.46.